The third-order valence-corrected chi connectivity index (χ3v) is 3.97. The van der Waals surface area contributed by atoms with Crippen molar-refractivity contribution in [2.45, 2.75) is 26.8 Å². The second-order valence-corrected chi connectivity index (χ2v) is 5.32. The van der Waals surface area contributed by atoms with Crippen LogP contribution in [0.15, 0.2) is 42.5 Å². The maximum Gasteiger partial charge on any atom is 0.124 e. The second kappa shape index (κ2) is 7.48. The van der Waals surface area contributed by atoms with Gasteiger partial charge in [-0.25, -0.2) is 0 Å². The van der Waals surface area contributed by atoms with Crippen LogP contribution in [0.4, 0.5) is 0 Å². The van der Waals surface area contributed by atoms with E-state index in [9.17, 15) is 0 Å². The Morgan fingerprint density at radius 3 is 2.48 bits per heavy atom. The molecule has 0 heterocycles. The molecule has 2 rings (SSSR count). The van der Waals surface area contributed by atoms with E-state index in [1.807, 2.05) is 37.3 Å². The summed E-state index contributed by atoms with van der Waals surface area (Å²) in [6.07, 6.45) is 0. The highest BCUT2D eigenvalue weighted by molar-refractivity contribution is 6.31. The summed E-state index contributed by atoms with van der Waals surface area (Å²) in [5.41, 5.74) is 3.44. The fourth-order valence-corrected chi connectivity index (χ4v) is 2.72. The maximum absolute atomic E-state index is 6.29. The van der Waals surface area contributed by atoms with Gasteiger partial charge in [-0.3, -0.25) is 0 Å². The molecule has 0 bridgehead atoms. The van der Waals surface area contributed by atoms with Crippen molar-refractivity contribution in [3.05, 3.63) is 64.2 Å². The molecule has 2 nitrogen and oxygen atoms in total. The van der Waals surface area contributed by atoms with Gasteiger partial charge in [-0.15, -0.1) is 0 Å². The molecule has 112 valence electrons. The summed E-state index contributed by atoms with van der Waals surface area (Å²) in [6.45, 7) is 7.70. The normalized spacial score (nSPS) is 12.2. The monoisotopic (exact) mass is 303 g/mol. The Morgan fingerprint density at radius 2 is 1.76 bits per heavy atom. The summed E-state index contributed by atoms with van der Waals surface area (Å²) in [5, 5.41) is 4.34. The van der Waals surface area contributed by atoms with E-state index in [-0.39, 0.29) is 6.04 Å². The molecule has 0 fully saturated rings. The van der Waals surface area contributed by atoms with Crippen LogP contribution in [-0.2, 0) is 0 Å². The topological polar surface area (TPSA) is 21.3 Å². The molecule has 0 amide bonds. The molecule has 0 aliphatic carbocycles. The minimum absolute atomic E-state index is 0.0800. The van der Waals surface area contributed by atoms with Crippen LogP contribution in [0.5, 0.6) is 5.75 Å². The smallest absolute Gasteiger partial charge is 0.124 e. The van der Waals surface area contributed by atoms with Crippen LogP contribution in [-0.4, -0.2) is 13.2 Å². The molecule has 1 unspecified atom stereocenters. The van der Waals surface area contributed by atoms with Crippen LogP contribution >= 0.6 is 11.6 Å². The first-order chi connectivity index (χ1) is 10.2. The lowest BCUT2D eigenvalue weighted by molar-refractivity contribution is 0.333. The Kier molecular flexibility index (Phi) is 5.66. The van der Waals surface area contributed by atoms with E-state index in [0.717, 1.165) is 28.4 Å². The summed E-state index contributed by atoms with van der Waals surface area (Å²) in [5.74, 6) is 0.922. The molecule has 0 saturated heterocycles. The zero-order valence-electron chi connectivity index (χ0n) is 12.8. The summed E-state index contributed by atoms with van der Waals surface area (Å²) in [4.78, 5) is 0. The summed E-state index contributed by atoms with van der Waals surface area (Å²) in [6, 6.07) is 14.3. The van der Waals surface area contributed by atoms with Gasteiger partial charge in [-0.1, -0.05) is 48.9 Å². The molecule has 0 spiro atoms. The molecule has 2 aromatic carbocycles. The number of nitrogens with one attached hydrogen (secondary N) is 1. The van der Waals surface area contributed by atoms with E-state index in [2.05, 4.69) is 31.3 Å². The van der Waals surface area contributed by atoms with Crippen molar-refractivity contribution in [2.75, 3.05) is 13.2 Å². The van der Waals surface area contributed by atoms with Gasteiger partial charge in [0.05, 0.1) is 12.6 Å². The highest BCUT2D eigenvalue weighted by Crippen LogP contribution is 2.33. The lowest BCUT2D eigenvalue weighted by Gasteiger charge is -2.23. The Balaban J connectivity index is 2.51. The minimum Gasteiger partial charge on any atom is -0.494 e. The van der Waals surface area contributed by atoms with E-state index < -0.39 is 0 Å². The molecule has 2 aromatic rings. The fraction of sp³-hybridized carbons (Fsp3) is 0.333. The number of para-hydroxylation sites is 1. The highest BCUT2D eigenvalue weighted by Gasteiger charge is 2.19. The third-order valence-electron chi connectivity index (χ3n) is 3.56. The van der Waals surface area contributed by atoms with Gasteiger partial charge < -0.3 is 10.1 Å². The molecule has 3 heteroatoms. The van der Waals surface area contributed by atoms with Gasteiger partial charge in [0, 0.05) is 10.6 Å². The number of benzene rings is 2. The minimum atomic E-state index is 0.0800. The van der Waals surface area contributed by atoms with E-state index in [1.54, 1.807) is 0 Å². The second-order valence-electron chi connectivity index (χ2n) is 4.92. The van der Waals surface area contributed by atoms with E-state index >= 15 is 0 Å². The van der Waals surface area contributed by atoms with Gasteiger partial charge in [0.15, 0.2) is 0 Å². The van der Waals surface area contributed by atoms with Crippen molar-refractivity contribution in [2.24, 2.45) is 0 Å². The number of hydrogen-bond donors (Lipinski definition) is 1. The highest BCUT2D eigenvalue weighted by atomic mass is 35.5. The van der Waals surface area contributed by atoms with Gasteiger partial charge in [0.25, 0.3) is 0 Å². The molecule has 1 N–H and O–H groups in total. The van der Waals surface area contributed by atoms with Crippen molar-refractivity contribution in [3.63, 3.8) is 0 Å². The largest absolute Gasteiger partial charge is 0.494 e. The average Bonchev–Trinajstić information content (AvgIpc) is 2.49. The molecule has 1 atom stereocenters. The number of halogens is 1. The molecule has 0 radical (unpaired) electrons. The van der Waals surface area contributed by atoms with Gasteiger partial charge in [-0.05, 0) is 43.7 Å². The maximum atomic E-state index is 6.29. The van der Waals surface area contributed by atoms with Crippen LogP contribution in [0.3, 0.4) is 0 Å². The molecule has 21 heavy (non-hydrogen) atoms. The van der Waals surface area contributed by atoms with Crippen molar-refractivity contribution in [1.82, 2.24) is 5.32 Å². The molecular weight excluding hydrogens is 282 g/mol. The number of rotatable bonds is 6. The SMILES string of the molecule is CCNC(c1ccccc1OCC)c1cccc(Cl)c1C. The Morgan fingerprint density at radius 1 is 1.05 bits per heavy atom. The van der Waals surface area contributed by atoms with Crippen molar-refractivity contribution < 1.29 is 4.74 Å². The predicted octanol–water partition coefficient (Wildman–Crippen LogP) is 4.75. The first-order valence-electron chi connectivity index (χ1n) is 7.39. The fourth-order valence-electron chi connectivity index (χ4n) is 2.53. The number of hydrogen-bond acceptors (Lipinski definition) is 2. The lowest BCUT2D eigenvalue weighted by Crippen LogP contribution is -2.23. The first-order valence-corrected chi connectivity index (χ1v) is 7.76. The summed E-state index contributed by atoms with van der Waals surface area (Å²) >= 11 is 6.29. The molecule has 0 aliphatic rings. The molecule has 0 aromatic heterocycles. The quantitative estimate of drug-likeness (QED) is 0.832. The zero-order chi connectivity index (χ0) is 15.2. The molecular formula is C18H22ClNO. The Bertz CT molecular complexity index is 598. The van der Waals surface area contributed by atoms with Gasteiger partial charge >= 0.3 is 0 Å². The van der Waals surface area contributed by atoms with E-state index in [0.29, 0.717) is 6.61 Å². The van der Waals surface area contributed by atoms with Crippen molar-refractivity contribution in [1.29, 1.82) is 0 Å². The van der Waals surface area contributed by atoms with Crippen LogP contribution in [0.25, 0.3) is 0 Å². The molecule has 0 saturated carbocycles. The Labute approximate surface area is 132 Å². The summed E-state index contributed by atoms with van der Waals surface area (Å²) in [7, 11) is 0. The zero-order valence-corrected chi connectivity index (χ0v) is 13.6. The predicted molar refractivity (Wildman–Crippen MR) is 89.3 cm³/mol. The number of ether oxygens (including phenoxy) is 1. The van der Waals surface area contributed by atoms with Gasteiger partial charge in [0.2, 0.25) is 0 Å². The van der Waals surface area contributed by atoms with E-state index in [4.69, 9.17) is 16.3 Å². The van der Waals surface area contributed by atoms with E-state index in [1.165, 1.54) is 5.56 Å². The standard InChI is InChI=1S/C18H22ClNO/c1-4-20-18(14-10-8-11-16(19)13(14)3)15-9-6-7-12-17(15)21-5-2/h6-12,18,20H,4-5H2,1-3H3. The van der Waals surface area contributed by atoms with Gasteiger partial charge in [0.1, 0.15) is 5.75 Å². The van der Waals surface area contributed by atoms with Gasteiger partial charge in [-0.2, -0.15) is 0 Å². The van der Waals surface area contributed by atoms with Crippen molar-refractivity contribution >= 4 is 11.6 Å². The van der Waals surface area contributed by atoms with Crippen molar-refractivity contribution in [3.8, 4) is 5.75 Å². The molecule has 0 aliphatic heterocycles. The van der Waals surface area contributed by atoms with Crippen LogP contribution in [0, 0.1) is 6.92 Å². The van der Waals surface area contributed by atoms with Crippen LogP contribution in [0.2, 0.25) is 5.02 Å². The first kappa shape index (κ1) is 15.9. The van der Waals surface area contributed by atoms with Crippen LogP contribution < -0.4 is 10.1 Å². The third kappa shape index (κ3) is 3.58. The Hall–Kier alpha value is -1.51. The van der Waals surface area contributed by atoms with Crippen LogP contribution in [0.1, 0.15) is 36.6 Å². The summed E-state index contributed by atoms with van der Waals surface area (Å²) < 4.78 is 5.78. The average molecular weight is 304 g/mol. The lowest BCUT2D eigenvalue weighted by atomic mass is 9.94.